The van der Waals surface area contributed by atoms with Crippen LogP contribution in [0.1, 0.15) is 70.7 Å². The maximum atomic E-state index is 6.19. The predicted molar refractivity (Wildman–Crippen MR) is 72.8 cm³/mol. The van der Waals surface area contributed by atoms with Gasteiger partial charge in [0.25, 0.3) is 0 Å². The molecule has 1 aromatic rings. The Morgan fingerprint density at radius 2 is 2.32 bits per heavy atom. The minimum absolute atomic E-state index is 0.0614. The molecule has 2 N–H and O–H groups in total. The molecule has 0 spiro atoms. The van der Waals surface area contributed by atoms with Crippen LogP contribution in [-0.2, 0) is 10.2 Å². The van der Waals surface area contributed by atoms with Crippen molar-refractivity contribution in [2.45, 2.75) is 70.4 Å². The Morgan fingerprint density at radius 3 is 2.89 bits per heavy atom. The smallest absolute Gasteiger partial charge is 0.234 e. The topological polar surface area (TPSA) is 74.2 Å². The summed E-state index contributed by atoms with van der Waals surface area (Å²) in [4.78, 5) is 4.57. The average molecular weight is 267 g/mol. The van der Waals surface area contributed by atoms with Crippen LogP contribution in [0.15, 0.2) is 4.52 Å². The highest BCUT2D eigenvalue weighted by atomic mass is 16.5. The molecule has 0 bridgehead atoms. The van der Waals surface area contributed by atoms with Crippen molar-refractivity contribution in [3.63, 3.8) is 0 Å². The van der Waals surface area contributed by atoms with Gasteiger partial charge >= 0.3 is 0 Å². The molecular formula is C14H25N3O2. The van der Waals surface area contributed by atoms with Gasteiger partial charge in [-0.15, -0.1) is 0 Å². The molecule has 2 rings (SSSR count). The second-order valence-electron chi connectivity index (χ2n) is 5.61. The molecule has 0 amide bonds. The molecule has 1 aromatic heterocycles. The van der Waals surface area contributed by atoms with Gasteiger partial charge < -0.3 is 15.0 Å². The van der Waals surface area contributed by atoms with Crippen molar-refractivity contribution in [1.29, 1.82) is 0 Å². The van der Waals surface area contributed by atoms with E-state index in [1.54, 1.807) is 0 Å². The lowest BCUT2D eigenvalue weighted by molar-refractivity contribution is 0.0477. The van der Waals surface area contributed by atoms with Gasteiger partial charge in [0.1, 0.15) is 6.10 Å². The summed E-state index contributed by atoms with van der Waals surface area (Å²) in [7, 11) is 0. The fraction of sp³-hybridized carbons (Fsp3) is 0.857. The third-order valence-corrected chi connectivity index (χ3v) is 4.17. The first-order valence-corrected chi connectivity index (χ1v) is 7.33. The maximum Gasteiger partial charge on any atom is 0.234 e. The third-order valence-electron chi connectivity index (χ3n) is 4.17. The summed E-state index contributed by atoms with van der Waals surface area (Å²) in [6, 6.07) is 0.109. The van der Waals surface area contributed by atoms with E-state index in [4.69, 9.17) is 15.0 Å². The standard InChI is InChI=1S/C14H25N3O2/c1-4-7-10(18-5-2)12-16-13(19-17-12)14(3)9-6-8-11(14)15/h10-11H,4-9,15H2,1-3H3. The Kier molecular flexibility index (Phi) is 4.58. The first-order chi connectivity index (χ1) is 9.11. The Hall–Kier alpha value is -0.940. The van der Waals surface area contributed by atoms with Crippen LogP contribution in [0, 0.1) is 0 Å². The number of aromatic nitrogens is 2. The normalized spacial score (nSPS) is 28.7. The van der Waals surface area contributed by atoms with E-state index in [1.807, 2.05) is 6.92 Å². The molecular weight excluding hydrogens is 242 g/mol. The lowest BCUT2D eigenvalue weighted by Crippen LogP contribution is -2.38. The molecule has 108 valence electrons. The quantitative estimate of drug-likeness (QED) is 0.857. The summed E-state index contributed by atoms with van der Waals surface area (Å²) >= 11 is 0. The Balaban J connectivity index is 2.17. The van der Waals surface area contributed by atoms with Crippen LogP contribution in [-0.4, -0.2) is 22.8 Å². The van der Waals surface area contributed by atoms with E-state index in [0.29, 0.717) is 18.3 Å². The van der Waals surface area contributed by atoms with Gasteiger partial charge in [0.2, 0.25) is 11.7 Å². The van der Waals surface area contributed by atoms with Crippen molar-refractivity contribution in [2.75, 3.05) is 6.61 Å². The van der Waals surface area contributed by atoms with E-state index in [9.17, 15) is 0 Å². The van der Waals surface area contributed by atoms with Crippen LogP contribution < -0.4 is 5.73 Å². The van der Waals surface area contributed by atoms with Gasteiger partial charge in [0.15, 0.2) is 0 Å². The molecule has 1 saturated carbocycles. The fourth-order valence-corrected chi connectivity index (χ4v) is 2.81. The van der Waals surface area contributed by atoms with Gasteiger partial charge in [-0.25, -0.2) is 0 Å². The lowest BCUT2D eigenvalue weighted by Gasteiger charge is -2.23. The van der Waals surface area contributed by atoms with Crippen LogP contribution in [0.3, 0.4) is 0 Å². The van der Waals surface area contributed by atoms with E-state index in [-0.39, 0.29) is 17.6 Å². The second kappa shape index (κ2) is 6.01. The summed E-state index contributed by atoms with van der Waals surface area (Å²) in [6.07, 6.45) is 5.05. The third kappa shape index (κ3) is 2.82. The van der Waals surface area contributed by atoms with Crippen LogP contribution >= 0.6 is 0 Å². The monoisotopic (exact) mass is 267 g/mol. The fourth-order valence-electron chi connectivity index (χ4n) is 2.81. The van der Waals surface area contributed by atoms with Gasteiger partial charge in [-0.1, -0.05) is 24.9 Å². The van der Waals surface area contributed by atoms with Crippen molar-refractivity contribution < 1.29 is 9.26 Å². The number of hydrogen-bond acceptors (Lipinski definition) is 5. The van der Waals surface area contributed by atoms with Gasteiger partial charge in [0.05, 0.1) is 5.41 Å². The van der Waals surface area contributed by atoms with Crippen molar-refractivity contribution in [1.82, 2.24) is 10.1 Å². The van der Waals surface area contributed by atoms with Gasteiger partial charge in [0, 0.05) is 12.6 Å². The summed E-state index contributed by atoms with van der Waals surface area (Å²) in [6.45, 7) is 6.89. The van der Waals surface area contributed by atoms with Crippen molar-refractivity contribution in [2.24, 2.45) is 5.73 Å². The van der Waals surface area contributed by atoms with Crippen molar-refractivity contribution in [3.05, 3.63) is 11.7 Å². The lowest BCUT2D eigenvalue weighted by atomic mass is 9.85. The second-order valence-corrected chi connectivity index (χ2v) is 5.61. The Bertz CT molecular complexity index is 401. The van der Waals surface area contributed by atoms with E-state index in [1.165, 1.54) is 0 Å². The van der Waals surface area contributed by atoms with Gasteiger partial charge in [-0.2, -0.15) is 4.98 Å². The van der Waals surface area contributed by atoms with Crippen LogP contribution in [0.5, 0.6) is 0 Å². The number of hydrogen-bond donors (Lipinski definition) is 1. The predicted octanol–water partition coefficient (Wildman–Crippen LogP) is 2.72. The minimum atomic E-state index is -0.172. The molecule has 5 heteroatoms. The highest BCUT2D eigenvalue weighted by molar-refractivity contribution is 5.12. The van der Waals surface area contributed by atoms with E-state index in [2.05, 4.69) is 24.0 Å². The first-order valence-electron chi connectivity index (χ1n) is 7.33. The summed E-state index contributed by atoms with van der Waals surface area (Å²) in [5.41, 5.74) is 6.02. The zero-order valence-electron chi connectivity index (χ0n) is 12.2. The molecule has 1 heterocycles. The summed E-state index contributed by atoms with van der Waals surface area (Å²) in [5, 5.41) is 4.11. The van der Waals surface area contributed by atoms with Gasteiger partial charge in [-0.05, 0) is 33.1 Å². The highest BCUT2D eigenvalue weighted by Gasteiger charge is 2.43. The van der Waals surface area contributed by atoms with Crippen molar-refractivity contribution in [3.8, 4) is 0 Å². The minimum Gasteiger partial charge on any atom is -0.370 e. The molecule has 0 saturated heterocycles. The van der Waals surface area contributed by atoms with Gasteiger partial charge in [-0.3, -0.25) is 0 Å². The molecule has 0 aliphatic heterocycles. The Morgan fingerprint density at radius 1 is 1.53 bits per heavy atom. The number of nitrogens with two attached hydrogens (primary N) is 1. The van der Waals surface area contributed by atoms with E-state index < -0.39 is 0 Å². The Labute approximate surface area is 114 Å². The summed E-state index contributed by atoms with van der Waals surface area (Å²) in [5.74, 6) is 1.34. The SMILES string of the molecule is CCCC(OCC)c1noc(C2(C)CCCC2N)n1. The molecule has 0 radical (unpaired) electrons. The molecule has 1 fully saturated rings. The zero-order chi connectivity index (χ0) is 13.9. The maximum absolute atomic E-state index is 6.19. The zero-order valence-corrected chi connectivity index (χ0v) is 12.2. The average Bonchev–Trinajstić information content (AvgIpc) is 2.98. The van der Waals surface area contributed by atoms with E-state index >= 15 is 0 Å². The number of ether oxygens (including phenoxy) is 1. The largest absolute Gasteiger partial charge is 0.370 e. The number of rotatable bonds is 6. The first kappa shape index (κ1) is 14.5. The van der Waals surface area contributed by atoms with Crippen LogP contribution in [0.25, 0.3) is 0 Å². The molecule has 19 heavy (non-hydrogen) atoms. The highest BCUT2D eigenvalue weighted by Crippen LogP contribution is 2.39. The number of nitrogens with zero attached hydrogens (tertiary/aromatic N) is 2. The summed E-state index contributed by atoms with van der Waals surface area (Å²) < 4.78 is 11.2. The molecule has 3 unspecified atom stereocenters. The molecule has 0 aromatic carbocycles. The van der Waals surface area contributed by atoms with Crippen molar-refractivity contribution >= 4 is 0 Å². The van der Waals surface area contributed by atoms with Crippen LogP contribution in [0.4, 0.5) is 0 Å². The molecule has 3 atom stereocenters. The van der Waals surface area contributed by atoms with E-state index in [0.717, 1.165) is 32.1 Å². The molecule has 1 aliphatic carbocycles. The molecule has 5 nitrogen and oxygen atoms in total. The molecule has 1 aliphatic rings. The van der Waals surface area contributed by atoms with Crippen LogP contribution in [0.2, 0.25) is 0 Å².